The number of likely N-dealkylation sites (tertiary alicyclic amines) is 1. The summed E-state index contributed by atoms with van der Waals surface area (Å²) in [6.45, 7) is 3.90. The predicted molar refractivity (Wildman–Crippen MR) is 129 cm³/mol. The molecule has 0 aromatic heterocycles. The van der Waals surface area contributed by atoms with Crippen molar-refractivity contribution in [2.45, 2.75) is 32.1 Å². The lowest BCUT2D eigenvalue weighted by molar-refractivity contribution is 0.385. The Kier molecular flexibility index (Phi) is 7.28. The molecule has 0 N–H and O–H groups in total. The van der Waals surface area contributed by atoms with Crippen molar-refractivity contribution in [3.8, 4) is 11.5 Å². The van der Waals surface area contributed by atoms with Crippen molar-refractivity contribution >= 4 is 13.6 Å². The molecule has 0 spiro atoms. The molecule has 1 fully saturated rings. The van der Waals surface area contributed by atoms with Gasteiger partial charge >= 0.3 is 7.75 Å². The first-order valence-corrected chi connectivity index (χ1v) is 12.7. The second kappa shape index (κ2) is 10.5. The quantitative estimate of drug-likeness (QED) is 0.213. The van der Waals surface area contributed by atoms with Crippen molar-refractivity contribution in [1.82, 2.24) is 4.90 Å². The van der Waals surface area contributed by atoms with Gasteiger partial charge in [0, 0.05) is 19.0 Å². The molecule has 3 aromatic rings. The average molecular weight is 449 g/mol. The SMILES string of the molecule is CCC(/C(=N/P(=O)(Oc1ccccc1)Oc1ccccc1)N1CCCC1)c1ccccc1. The van der Waals surface area contributed by atoms with E-state index in [-0.39, 0.29) is 5.92 Å². The molecule has 3 aromatic carbocycles. The molecule has 1 saturated heterocycles. The fourth-order valence-corrected chi connectivity index (χ4v) is 5.38. The molecule has 1 aliphatic rings. The topological polar surface area (TPSA) is 51.1 Å². The summed E-state index contributed by atoms with van der Waals surface area (Å²) in [6, 6.07) is 28.4. The number of hydrogen-bond donors (Lipinski definition) is 0. The van der Waals surface area contributed by atoms with Gasteiger partial charge in [-0.25, -0.2) is 4.57 Å². The maximum absolute atomic E-state index is 14.1. The molecule has 1 heterocycles. The second-order valence-corrected chi connectivity index (χ2v) is 9.30. The van der Waals surface area contributed by atoms with Crippen molar-refractivity contribution in [3.63, 3.8) is 0 Å². The first-order valence-electron chi connectivity index (χ1n) is 11.2. The zero-order chi connectivity index (χ0) is 22.2. The smallest absolute Gasteiger partial charge is 0.399 e. The summed E-state index contributed by atoms with van der Waals surface area (Å²) < 4.78 is 30.8. The van der Waals surface area contributed by atoms with Gasteiger partial charge in [-0.05, 0) is 49.1 Å². The third-order valence-corrected chi connectivity index (χ3v) is 6.84. The van der Waals surface area contributed by atoms with E-state index in [9.17, 15) is 4.57 Å². The molecule has 5 nitrogen and oxygen atoms in total. The molecule has 6 heteroatoms. The summed E-state index contributed by atoms with van der Waals surface area (Å²) in [7, 11) is -3.91. The van der Waals surface area contributed by atoms with Crippen LogP contribution in [0.5, 0.6) is 11.5 Å². The molecule has 0 amide bonds. The first kappa shape index (κ1) is 22.2. The van der Waals surface area contributed by atoms with E-state index >= 15 is 0 Å². The zero-order valence-corrected chi connectivity index (χ0v) is 19.2. The van der Waals surface area contributed by atoms with Crippen LogP contribution in [0.15, 0.2) is 95.8 Å². The summed E-state index contributed by atoms with van der Waals surface area (Å²) in [5, 5.41) is 0. The summed E-state index contributed by atoms with van der Waals surface area (Å²) >= 11 is 0. The fourth-order valence-electron chi connectivity index (χ4n) is 3.97. The van der Waals surface area contributed by atoms with Gasteiger partial charge in [0.15, 0.2) is 0 Å². The lowest BCUT2D eigenvalue weighted by Crippen LogP contribution is -2.33. The van der Waals surface area contributed by atoms with E-state index in [1.165, 1.54) is 0 Å². The Balaban J connectivity index is 1.77. The van der Waals surface area contributed by atoms with E-state index in [0.717, 1.165) is 43.8 Å². The third kappa shape index (κ3) is 5.60. The van der Waals surface area contributed by atoms with E-state index < -0.39 is 7.75 Å². The maximum atomic E-state index is 14.1. The Morgan fingerprint density at radius 2 is 1.31 bits per heavy atom. The molecule has 0 aliphatic carbocycles. The van der Waals surface area contributed by atoms with Crippen molar-refractivity contribution in [3.05, 3.63) is 96.6 Å². The number of benzene rings is 3. The number of hydrogen-bond acceptors (Lipinski definition) is 3. The minimum Gasteiger partial charge on any atom is -0.399 e. The highest BCUT2D eigenvalue weighted by molar-refractivity contribution is 7.53. The van der Waals surface area contributed by atoms with Crippen LogP contribution in [0.4, 0.5) is 0 Å². The third-order valence-electron chi connectivity index (χ3n) is 5.50. The van der Waals surface area contributed by atoms with Crippen LogP contribution in [0.2, 0.25) is 0 Å². The molecule has 0 radical (unpaired) electrons. The maximum Gasteiger partial charge on any atom is 0.565 e. The van der Waals surface area contributed by atoms with Gasteiger partial charge in [0.25, 0.3) is 0 Å². The fraction of sp³-hybridized carbons (Fsp3) is 0.269. The Morgan fingerprint density at radius 1 is 0.844 bits per heavy atom. The molecular formula is C26H29N2O3P. The average Bonchev–Trinajstić information content (AvgIpc) is 3.36. The van der Waals surface area contributed by atoms with E-state index in [2.05, 4.69) is 24.0 Å². The largest absolute Gasteiger partial charge is 0.565 e. The van der Waals surface area contributed by atoms with Gasteiger partial charge in [0.2, 0.25) is 0 Å². The van der Waals surface area contributed by atoms with Crippen molar-refractivity contribution in [2.24, 2.45) is 4.76 Å². The first-order chi connectivity index (χ1) is 15.7. The van der Waals surface area contributed by atoms with E-state index in [1.54, 1.807) is 24.3 Å². The highest BCUT2D eigenvalue weighted by Crippen LogP contribution is 2.51. The number of nitrogens with zero attached hydrogens (tertiary/aromatic N) is 2. The van der Waals surface area contributed by atoms with Gasteiger partial charge in [0.05, 0.1) is 0 Å². The lowest BCUT2D eigenvalue weighted by Gasteiger charge is -2.28. The van der Waals surface area contributed by atoms with Crippen LogP contribution in [-0.4, -0.2) is 23.8 Å². The van der Waals surface area contributed by atoms with E-state index in [1.807, 2.05) is 54.6 Å². The van der Waals surface area contributed by atoms with Crippen molar-refractivity contribution in [1.29, 1.82) is 0 Å². The molecule has 0 saturated carbocycles. The molecule has 0 bridgehead atoms. The molecule has 1 unspecified atom stereocenters. The summed E-state index contributed by atoms with van der Waals surface area (Å²) in [5.74, 6) is 1.70. The van der Waals surface area contributed by atoms with E-state index in [0.29, 0.717) is 11.5 Å². The second-order valence-electron chi connectivity index (χ2n) is 7.80. The predicted octanol–water partition coefficient (Wildman–Crippen LogP) is 6.94. The van der Waals surface area contributed by atoms with Gasteiger partial charge in [-0.1, -0.05) is 73.7 Å². The number of para-hydroxylation sites is 2. The monoisotopic (exact) mass is 448 g/mol. The van der Waals surface area contributed by atoms with Gasteiger partial charge in [0.1, 0.15) is 17.3 Å². The van der Waals surface area contributed by atoms with Crippen LogP contribution in [0, 0.1) is 0 Å². The van der Waals surface area contributed by atoms with Crippen molar-refractivity contribution < 1.29 is 13.6 Å². The minimum absolute atomic E-state index is 0.00127. The summed E-state index contributed by atoms with van der Waals surface area (Å²) in [4.78, 5) is 2.23. The Hall–Kier alpha value is -3.04. The molecule has 1 aliphatic heterocycles. The highest BCUT2D eigenvalue weighted by Gasteiger charge is 2.34. The highest BCUT2D eigenvalue weighted by atomic mass is 31.2. The van der Waals surface area contributed by atoms with Crippen LogP contribution >= 0.6 is 7.75 Å². The number of rotatable bonds is 8. The Bertz CT molecular complexity index is 1010. The molecule has 1 atom stereocenters. The Morgan fingerprint density at radius 3 is 1.78 bits per heavy atom. The zero-order valence-electron chi connectivity index (χ0n) is 18.3. The molecule has 32 heavy (non-hydrogen) atoms. The van der Waals surface area contributed by atoms with Crippen LogP contribution in [0.25, 0.3) is 0 Å². The van der Waals surface area contributed by atoms with Gasteiger partial charge in [-0.15, -0.1) is 4.76 Å². The van der Waals surface area contributed by atoms with Crippen LogP contribution in [0.3, 0.4) is 0 Å². The number of amidine groups is 1. The van der Waals surface area contributed by atoms with Crippen molar-refractivity contribution in [2.75, 3.05) is 13.1 Å². The van der Waals surface area contributed by atoms with Crippen LogP contribution in [0.1, 0.15) is 37.7 Å². The summed E-state index contributed by atoms with van der Waals surface area (Å²) in [5.41, 5.74) is 1.15. The molecule has 4 rings (SSSR count). The molecular weight excluding hydrogens is 419 g/mol. The van der Waals surface area contributed by atoms with Gasteiger partial charge in [-0.2, -0.15) is 0 Å². The van der Waals surface area contributed by atoms with Gasteiger partial charge < -0.3 is 13.9 Å². The normalized spacial score (nSPS) is 15.4. The molecule has 166 valence electrons. The summed E-state index contributed by atoms with van der Waals surface area (Å²) in [6.07, 6.45) is 3.01. The standard InChI is InChI=1S/C26H29N2O3P/c1-2-25(22-14-6-3-7-15-22)26(28-20-12-13-21-28)27-32(29,30-23-16-8-4-9-17-23)31-24-18-10-5-11-19-24/h3-11,14-19,25H,2,12-13,20-21H2,1H3/b27-26-. The van der Waals surface area contributed by atoms with Gasteiger partial charge in [-0.3, -0.25) is 0 Å². The van der Waals surface area contributed by atoms with Crippen LogP contribution < -0.4 is 9.05 Å². The van der Waals surface area contributed by atoms with E-state index in [4.69, 9.17) is 13.8 Å². The van der Waals surface area contributed by atoms with Crippen LogP contribution in [-0.2, 0) is 4.57 Å². The lowest BCUT2D eigenvalue weighted by atomic mass is 9.94. The minimum atomic E-state index is -3.91. The Labute approximate surface area is 190 Å².